The van der Waals surface area contributed by atoms with Crippen LogP contribution in [-0.2, 0) is 6.42 Å². The highest BCUT2D eigenvalue weighted by molar-refractivity contribution is 4.98. The van der Waals surface area contributed by atoms with Gasteiger partial charge in [-0.05, 0) is 31.8 Å². The lowest BCUT2D eigenvalue weighted by atomic mass is 9.99. The molecule has 1 N–H and O–H groups in total. The van der Waals surface area contributed by atoms with Gasteiger partial charge in [-0.3, -0.25) is 0 Å². The molecule has 1 saturated heterocycles. The van der Waals surface area contributed by atoms with Crippen LogP contribution in [0.4, 0.5) is 0 Å². The number of nitrogens with one attached hydrogen (secondary N) is 1. The summed E-state index contributed by atoms with van der Waals surface area (Å²) in [5.74, 6) is 3.06. The highest BCUT2D eigenvalue weighted by Gasteiger charge is 2.24. The summed E-state index contributed by atoms with van der Waals surface area (Å²) in [6, 6.07) is 0. The Kier molecular flexibility index (Phi) is 2.44. The van der Waals surface area contributed by atoms with Gasteiger partial charge in [0, 0.05) is 12.3 Å². The molecule has 1 aliphatic carbocycles. The molecule has 1 saturated carbocycles. The Labute approximate surface area is 89.4 Å². The monoisotopic (exact) mass is 207 g/mol. The Morgan fingerprint density at radius 1 is 1.27 bits per heavy atom. The van der Waals surface area contributed by atoms with E-state index in [0.29, 0.717) is 5.92 Å². The van der Waals surface area contributed by atoms with Crippen LogP contribution in [0.25, 0.3) is 0 Å². The third kappa shape index (κ3) is 1.91. The molecule has 2 aliphatic rings. The average Bonchev–Trinajstić information content (AvgIpc) is 2.82. The SMILES string of the molecule is C1CCC(c2nc(CC3CNC3)no2)C1. The quantitative estimate of drug-likeness (QED) is 0.815. The molecule has 15 heavy (non-hydrogen) atoms. The van der Waals surface area contributed by atoms with E-state index < -0.39 is 0 Å². The third-order valence-electron chi connectivity index (χ3n) is 3.53. The molecule has 4 heteroatoms. The van der Waals surface area contributed by atoms with Gasteiger partial charge in [0.2, 0.25) is 5.89 Å². The Morgan fingerprint density at radius 2 is 2.07 bits per heavy atom. The topological polar surface area (TPSA) is 51.0 Å². The van der Waals surface area contributed by atoms with E-state index >= 15 is 0 Å². The minimum absolute atomic E-state index is 0.547. The maximum Gasteiger partial charge on any atom is 0.229 e. The van der Waals surface area contributed by atoms with Gasteiger partial charge in [-0.15, -0.1) is 0 Å². The van der Waals surface area contributed by atoms with Crippen LogP contribution in [-0.4, -0.2) is 23.2 Å². The standard InChI is InChI=1S/C11H17N3O/c1-2-4-9(3-1)11-13-10(14-15-11)5-8-6-12-7-8/h8-9,12H,1-7H2. The molecule has 0 atom stereocenters. The lowest BCUT2D eigenvalue weighted by Crippen LogP contribution is -2.43. The number of rotatable bonds is 3. The van der Waals surface area contributed by atoms with E-state index in [0.717, 1.165) is 37.1 Å². The molecule has 0 aromatic carbocycles. The molecule has 0 radical (unpaired) electrons. The van der Waals surface area contributed by atoms with Gasteiger partial charge >= 0.3 is 0 Å². The zero-order valence-electron chi connectivity index (χ0n) is 8.91. The van der Waals surface area contributed by atoms with E-state index in [2.05, 4.69) is 15.5 Å². The van der Waals surface area contributed by atoms with Crippen molar-refractivity contribution in [1.29, 1.82) is 0 Å². The van der Waals surface area contributed by atoms with Crippen LogP contribution in [0.2, 0.25) is 0 Å². The Hall–Kier alpha value is -0.900. The fourth-order valence-corrected chi connectivity index (χ4v) is 2.44. The Morgan fingerprint density at radius 3 is 2.73 bits per heavy atom. The first-order valence-corrected chi connectivity index (χ1v) is 5.95. The first kappa shape index (κ1) is 9.33. The summed E-state index contributed by atoms with van der Waals surface area (Å²) in [6.07, 6.45) is 6.06. The predicted molar refractivity (Wildman–Crippen MR) is 55.6 cm³/mol. The normalized spacial score (nSPS) is 23.2. The first-order valence-electron chi connectivity index (χ1n) is 5.95. The summed E-state index contributed by atoms with van der Waals surface area (Å²) in [6.45, 7) is 2.21. The molecule has 1 aromatic heterocycles. The van der Waals surface area contributed by atoms with Crippen molar-refractivity contribution in [3.63, 3.8) is 0 Å². The van der Waals surface area contributed by atoms with Crippen molar-refractivity contribution in [2.75, 3.05) is 13.1 Å². The summed E-state index contributed by atoms with van der Waals surface area (Å²) in [5.41, 5.74) is 0. The van der Waals surface area contributed by atoms with Crippen LogP contribution in [0.1, 0.15) is 43.3 Å². The van der Waals surface area contributed by atoms with Gasteiger partial charge in [0.1, 0.15) is 0 Å². The number of hydrogen-bond donors (Lipinski definition) is 1. The van der Waals surface area contributed by atoms with Gasteiger partial charge in [0.25, 0.3) is 0 Å². The lowest BCUT2D eigenvalue weighted by Gasteiger charge is -2.25. The van der Waals surface area contributed by atoms with Crippen LogP contribution < -0.4 is 5.32 Å². The van der Waals surface area contributed by atoms with Gasteiger partial charge in [-0.2, -0.15) is 4.98 Å². The van der Waals surface area contributed by atoms with E-state index in [1.54, 1.807) is 0 Å². The fraction of sp³-hybridized carbons (Fsp3) is 0.818. The molecule has 82 valence electrons. The predicted octanol–water partition coefficient (Wildman–Crippen LogP) is 1.49. The summed E-state index contributed by atoms with van der Waals surface area (Å²) in [4.78, 5) is 4.51. The molecule has 0 unspecified atom stereocenters. The van der Waals surface area contributed by atoms with Crippen LogP contribution >= 0.6 is 0 Å². The number of aromatic nitrogens is 2. The van der Waals surface area contributed by atoms with Crippen molar-refractivity contribution < 1.29 is 4.52 Å². The summed E-state index contributed by atoms with van der Waals surface area (Å²) in [7, 11) is 0. The largest absolute Gasteiger partial charge is 0.339 e. The van der Waals surface area contributed by atoms with E-state index in [9.17, 15) is 0 Å². The van der Waals surface area contributed by atoms with Crippen molar-refractivity contribution >= 4 is 0 Å². The van der Waals surface area contributed by atoms with Crippen molar-refractivity contribution in [2.24, 2.45) is 5.92 Å². The Balaban J connectivity index is 1.64. The lowest BCUT2D eigenvalue weighted by molar-refractivity contribution is 0.324. The van der Waals surface area contributed by atoms with E-state index in [1.165, 1.54) is 25.7 Å². The first-order chi connectivity index (χ1) is 7.42. The number of hydrogen-bond acceptors (Lipinski definition) is 4. The molecule has 2 heterocycles. The van der Waals surface area contributed by atoms with Crippen molar-refractivity contribution in [3.8, 4) is 0 Å². The zero-order chi connectivity index (χ0) is 10.1. The average molecular weight is 207 g/mol. The molecule has 1 aliphatic heterocycles. The molecular formula is C11H17N3O. The van der Waals surface area contributed by atoms with Crippen LogP contribution in [0.3, 0.4) is 0 Å². The van der Waals surface area contributed by atoms with E-state index in [4.69, 9.17) is 4.52 Å². The van der Waals surface area contributed by atoms with Crippen LogP contribution in [0.5, 0.6) is 0 Å². The van der Waals surface area contributed by atoms with Crippen molar-refractivity contribution in [3.05, 3.63) is 11.7 Å². The van der Waals surface area contributed by atoms with Gasteiger partial charge < -0.3 is 9.84 Å². The zero-order valence-corrected chi connectivity index (χ0v) is 8.91. The van der Waals surface area contributed by atoms with Crippen LogP contribution in [0, 0.1) is 5.92 Å². The molecule has 3 rings (SSSR count). The van der Waals surface area contributed by atoms with Crippen molar-refractivity contribution in [1.82, 2.24) is 15.5 Å². The Bertz CT molecular complexity index is 326. The van der Waals surface area contributed by atoms with Gasteiger partial charge in [-0.25, -0.2) is 0 Å². The summed E-state index contributed by atoms with van der Waals surface area (Å²) in [5, 5.41) is 7.33. The molecule has 1 aromatic rings. The second-order valence-corrected chi connectivity index (χ2v) is 4.76. The molecule has 2 fully saturated rings. The van der Waals surface area contributed by atoms with Gasteiger partial charge in [0.15, 0.2) is 5.82 Å². The van der Waals surface area contributed by atoms with Crippen molar-refractivity contribution in [2.45, 2.75) is 38.0 Å². The second-order valence-electron chi connectivity index (χ2n) is 4.76. The highest BCUT2D eigenvalue weighted by atomic mass is 16.5. The molecule has 0 bridgehead atoms. The van der Waals surface area contributed by atoms with E-state index in [1.807, 2.05) is 0 Å². The maximum atomic E-state index is 5.34. The summed E-state index contributed by atoms with van der Waals surface area (Å²) >= 11 is 0. The molecule has 4 nitrogen and oxygen atoms in total. The highest BCUT2D eigenvalue weighted by Crippen LogP contribution is 2.33. The minimum Gasteiger partial charge on any atom is -0.339 e. The van der Waals surface area contributed by atoms with Crippen LogP contribution in [0.15, 0.2) is 4.52 Å². The maximum absolute atomic E-state index is 5.34. The minimum atomic E-state index is 0.547. The fourth-order valence-electron chi connectivity index (χ4n) is 2.44. The van der Waals surface area contributed by atoms with Gasteiger partial charge in [-0.1, -0.05) is 18.0 Å². The molecule has 0 amide bonds. The smallest absolute Gasteiger partial charge is 0.229 e. The molecule has 0 spiro atoms. The molecular weight excluding hydrogens is 190 g/mol. The number of nitrogens with zero attached hydrogens (tertiary/aromatic N) is 2. The van der Waals surface area contributed by atoms with E-state index in [-0.39, 0.29) is 0 Å². The second kappa shape index (κ2) is 3.93. The summed E-state index contributed by atoms with van der Waals surface area (Å²) < 4.78 is 5.34. The van der Waals surface area contributed by atoms with Gasteiger partial charge in [0.05, 0.1) is 0 Å². The third-order valence-corrected chi connectivity index (χ3v) is 3.53.